The minimum atomic E-state index is -0.340. The van der Waals surface area contributed by atoms with E-state index in [1.807, 2.05) is 6.07 Å². The van der Waals surface area contributed by atoms with E-state index in [0.29, 0.717) is 28.4 Å². The quantitative estimate of drug-likeness (QED) is 0.611. The highest BCUT2D eigenvalue weighted by Gasteiger charge is 2.14. The van der Waals surface area contributed by atoms with Gasteiger partial charge in [-0.25, -0.2) is 0 Å². The Morgan fingerprint density at radius 1 is 1.00 bits per heavy atom. The summed E-state index contributed by atoms with van der Waals surface area (Å²) in [4.78, 5) is 12.3. The number of hydrogen-bond acceptors (Lipinski definition) is 7. The number of anilines is 2. The van der Waals surface area contributed by atoms with Crippen LogP contribution in [-0.4, -0.2) is 25.8 Å². The van der Waals surface area contributed by atoms with Crippen LogP contribution in [0.25, 0.3) is 0 Å². The van der Waals surface area contributed by atoms with Crippen molar-refractivity contribution in [3.05, 3.63) is 48.0 Å². The molecule has 2 aromatic carbocycles. The second-order valence-electron chi connectivity index (χ2n) is 4.87. The van der Waals surface area contributed by atoms with Crippen molar-refractivity contribution in [1.29, 1.82) is 10.5 Å². The Bertz CT molecular complexity index is 895. The van der Waals surface area contributed by atoms with Gasteiger partial charge in [0.1, 0.15) is 29.3 Å². The smallest absolute Gasteiger partial charge is 0.255 e. The molecule has 0 spiro atoms. The average Bonchev–Trinajstić information content (AvgIpc) is 2.69. The Balaban J connectivity index is 2.34. The summed E-state index contributed by atoms with van der Waals surface area (Å²) in [6.07, 6.45) is 0. The maximum absolute atomic E-state index is 12.3. The summed E-state index contributed by atoms with van der Waals surface area (Å²) in [5, 5.41) is 23.9. The molecule has 0 unspecified atom stereocenters. The van der Waals surface area contributed by atoms with E-state index in [4.69, 9.17) is 20.0 Å². The Hall–Kier alpha value is -4.04. The molecule has 0 aliphatic heterocycles. The summed E-state index contributed by atoms with van der Waals surface area (Å²) in [5.74, 6) is 0.386. The molecule has 2 rings (SSSR count). The molecule has 0 radical (unpaired) electrons. The fraction of sp³-hybridized carbons (Fsp3) is 0.111. The van der Waals surface area contributed by atoms with Crippen LogP contribution < -0.4 is 20.2 Å². The Labute approximate surface area is 150 Å². The van der Waals surface area contributed by atoms with Crippen molar-refractivity contribution in [2.45, 2.75) is 0 Å². The highest BCUT2D eigenvalue weighted by Crippen LogP contribution is 2.36. The summed E-state index contributed by atoms with van der Waals surface area (Å²) in [6, 6.07) is 15.1. The number of ether oxygens (including phenoxy) is 2. The van der Waals surface area contributed by atoms with Crippen LogP contribution in [0.15, 0.2) is 47.6 Å². The number of benzene rings is 2. The van der Waals surface area contributed by atoms with Crippen LogP contribution in [0.3, 0.4) is 0 Å². The molecule has 0 heterocycles. The first-order chi connectivity index (χ1) is 12.6. The van der Waals surface area contributed by atoms with E-state index in [9.17, 15) is 4.79 Å². The second-order valence-corrected chi connectivity index (χ2v) is 4.87. The fourth-order valence-corrected chi connectivity index (χ4v) is 2.06. The van der Waals surface area contributed by atoms with Crippen LogP contribution in [-0.2, 0) is 0 Å². The minimum absolute atomic E-state index is 0.305. The normalized spacial score (nSPS) is 9.23. The number of hydrogen-bond donors (Lipinski definition) is 2. The first-order valence-corrected chi connectivity index (χ1v) is 7.39. The molecule has 26 heavy (non-hydrogen) atoms. The van der Waals surface area contributed by atoms with Crippen molar-refractivity contribution >= 4 is 23.0 Å². The van der Waals surface area contributed by atoms with Gasteiger partial charge in [0.05, 0.1) is 19.9 Å². The zero-order chi connectivity index (χ0) is 18.9. The Kier molecular flexibility index (Phi) is 6.13. The molecule has 0 saturated heterocycles. The number of carbonyl (C=O) groups is 1. The summed E-state index contributed by atoms with van der Waals surface area (Å²) < 4.78 is 10.6. The molecule has 2 N–H and O–H groups in total. The fourth-order valence-electron chi connectivity index (χ4n) is 2.06. The predicted octanol–water partition coefficient (Wildman–Crippen LogP) is 2.77. The van der Waals surface area contributed by atoms with E-state index in [-0.39, 0.29) is 11.6 Å². The SMILES string of the molecule is COc1cc(NC(=O)c2ccccc2)c(OC)cc1NN=C(C#N)C#N. The summed E-state index contributed by atoms with van der Waals surface area (Å²) in [7, 11) is 2.89. The molecule has 0 atom stereocenters. The van der Waals surface area contributed by atoms with Crippen molar-refractivity contribution in [2.24, 2.45) is 5.10 Å². The minimum Gasteiger partial charge on any atom is -0.494 e. The number of rotatable bonds is 6. The number of nitrogens with zero attached hydrogens (tertiary/aromatic N) is 3. The third kappa shape index (κ3) is 4.28. The van der Waals surface area contributed by atoms with Gasteiger partial charge >= 0.3 is 0 Å². The third-order valence-corrected chi connectivity index (χ3v) is 3.31. The van der Waals surface area contributed by atoms with Crippen molar-refractivity contribution in [2.75, 3.05) is 25.0 Å². The van der Waals surface area contributed by atoms with Gasteiger partial charge in [-0.2, -0.15) is 15.6 Å². The standard InChI is InChI=1S/C18H15N5O3/c1-25-16-9-15(23-22-13(10-19)11-20)17(26-2)8-14(16)21-18(24)12-6-4-3-5-7-12/h3-9,23H,1-2H3,(H,21,24). The van der Waals surface area contributed by atoms with Gasteiger partial charge in [-0.05, 0) is 12.1 Å². The molecular weight excluding hydrogens is 334 g/mol. The van der Waals surface area contributed by atoms with Gasteiger partial charge in [-0.1, -0.05) is 18.2 Å². The molecule has 1 amide bonds. The van der Waals surface area contributed by atoms with E-state index >= 15 is 0 Å². The Morgan fingerprint density at radius 3 is 2.15 bits per heavy atom. The number of nitriles is 2. The van der Waals surface area contributed by atoms with Gasteiger partial charge in [-0.15, -0.1) is 0 Å². The maximum atomic E-state index is 12.3. The zero-order valence-electron chi connectivity index (χ0n) is 14.1. The van der Waals surface area contributed by atoms with Crippen LogP contribution in [0.5, 0.6) is 11.5 Å². The third-order valence-electron chi connectivity index (χ3n) is 3.31. The molecule has 8 nitrogen and oxygen atoms in total. The molecule has 130 valence electrons. The van der Waals surface area contributed by atoms with Gasteiger partial charge in [0.25, 0.3) is 5.91 Å². The second kappa shape index (κ2) is 8.71. The lowest BCUT2D eigenvalue weighted by atomic mass is 10.2. The van der Waals surface area contributed by atoms with Crippen molar-refractivity contribution in [3.8, 4) is 23.6 Å². The summed E-state index contributed by atoms with van der Waals surface area (Å²) >= 11 is 0. The lowest BCUT2D eigenvalue weighted by molar-refractivity contribution is 0.102. The number of carbonyl (C=O) groups excluding carboxylic acids is 1. The molecule has 0 aromatic heterocycles. The van der Waals surface area contributed by atoms with Gasteiger partial charge < -0.3 is 14.8 Å². The number of hydrazone groups is 1. The Morgan fingerprint density at radius 2 is 1.58 bits per heavy atom. The van der Waals surface area contributed by atoms with E-state index in [0.717, 1.165) is 0 Å². The first kappa shape index (κ1) is 18.3. The van der Waals surface area contributed by atoms with E-state index in [1.165, 1.54) is 20.3 Å². The van der Waals surface area contributed by atoms with Gasteiger partial charge in [0.15, 0.2) is 0 Å². The predicted molar refractivity (Wildman–Crippen MR) is 96.2 cm³/mol. The topological polar surface area (TPSA) is 120 Å². The monoisotopic (exact) mass is 349 g/mol. The molecule has 0 saturated carbocycles. The van der Waals surface area contributed by atoms with Crippen LogP contribution in [0, 0.1) is 22.7 Å². The molecule has 0 aliphatic rings. The van der Waals surface area contributed by atoms with Crippen LogP contribution in [0.2, 0.25) is 0 Å². The van der Waals surface area contributed by atoms with E-state index < -0.39 is 0 Å². The van der Waals surface area contributed by atoms with E-state index in [2.05, 4.69) is 15.8 Å². The molecule has 2 aromatic rings. The van der Waals surface area contributed by atoms with Crippen LogP contribution in [0.1, 0.15) is 10.4 Å². The largest absolute Gasteiger partial charge is 0.494 e. The van der Waals surface area contributed by atoms with Crippen molar-refractivity contribution in [3.63, 3.8) is 0 Å². The average molecular weight is 349 g/mol. The first-order valence-electron chi connectivity index (χ1n) is 7.39. The highest BCUT2D eigenvalue weighted by molar-refractivity contribution is 6.10. The lowest BCUT2D eigenvalue weighted by Gasteiger charge is -2.15. The van der Waals surface area contributed by atoms with E-state index in [1.54, 1.807) is 42.5 Å². The number of methoxy groups -OCH3 is 2. The maximum Gasteiger partial charge on any atom is 0.255 e. The molecule has 0 aliphatic carbocycles. The number of amides is 1. The lowest BCUT2D eigenvalue weighted by Crippen LogP contribution is -2.13. The van der Waals surface area contributed by atoms with Crippen LogP contribution in [0.4, 0.5) is 11.4 Å². The zero-order valence-corrected chi connectivity index (χ0v) is 14.1. The molecule has 0 bridgehead atoms. The van der Waals surface area contributed by atoms with Gasteiger partial charge in [0, 0.05) is 17.7 Å². The highest BCUT2D eigenvalue weighted by atomic mass is 16.5. The summed E-state index contributed by atoms with van der Waals surface area (Å²) in [6.45, 7) is 0. The molecular formula is C18H15N5O3. The van der Waals surface area contributed by atoms with Gasteiger partial charge in [0.2, 0.25) is 5.71 Å². The number of nitrogens with one attached hydrogen (secondary N) is 2. The van der Waals surface area contributed by atoms with Gasteiger partial charge in [-0.3, -0.25) is 10.2 Å². The van der Waals surface area contributed by atoms with Crippen molar-refractivity contribution in [1.82, 2.24) is 0 Å². The molecule has 8 heteroatoms. The molecule has 0 fully saturated rings. The van der Waals surface area contributed by atoms with Crippen molar-refractivity contribution < 1.29 is 14.3 Å². The van der Waals surface area contributed by atoms with Crippen LogP contribution >= 0.6 is 0 Å². The summed E-state index contributed by atoms with van der Waals surface area (Å²) in [5.41, 5.74) is 3.49.